The first-order valence-corrected chi connectivity index (χ1v) is 14.0. The molecule has 3 N–H and O–H groups in total. The maximum absolute atomic E-state index is 12.8. The minimum absolute atomic E-state index is 0.0557. The topological polar surface area (TPSA) is 77.5 Å². The standard InChI is InChI=1S/C31H41N3O2/c1-19(33-34-29(36)16-20-18-32-28-7-5-4-6-23(20)28)25-10-11-26-24-9-8-21-17-22(35)12-14-30(21,2)27(24)13-15-31(25,26)3/h4-8,18,22,24-27,32,35H,9-17H2,1-3H3,(H,34,36)/b33-19+/t22-,24-,25+,26-,27-,30-,31+/m0/s1. The first-order chi connectivity index (χ1) is 17.3. The highest BCUT2D eigenvalue weighted by Crippen LogP contribution is 2.66. The molecule has 5 nitrogen and oxygen atoms in total. The summed E-state index contributed by atoms with van der Waals surface area (Å²) in [6.45, 7) is 7.12. The lowest BCUT2D eigenvalue weighted by Crippen LogP contribution is -2.51. The van der Waals surface area contributed by atoms with E-state index >= 15 is 0 Å². The second kappa shape index (κ2) is 8.86. The minimum Gasteiger partial charge on any atom is -0.393 e. The molecule has 1 aromatic heterocycles. The van der Waals surface area contributed by atoms with Gasteiger partial charge in [0, 0.05) is 28.7 Å². The lowest BCUT2D eigenvalue weighted by Gasteiger charge is -2.58. The molecule has 6 rings (SSSR count). The van der Waals surface area contributed by atoms with Crippen LogP contribution >= 0.6 is 0 Å². The molecular weight excluding hydrogens is 446 g/mol. The largest absolute Gasteiger partial charge is 0.393 e. The number of aromatic amines is 1. The number of aliphatic hydroxyl groups excluding tert-OH is 1. The lowest BCUT2D eigenvalue weighted by atomic mass is 9.47. The number of hydrogen-bond acceptors (Lipinski definition) is 3. The molecule has 192 valence electrons. The average molecular weight is 488 g/mol. The predicted octanol–water partition coefficient (Wildman–Crippen LogP) is 6.14. The number of aromatic nitrogens is 1. The molecule has 0 spiro atoms. The van der Waals surface area contributed by atoms with Crippen molar-refractivity contribution in [1.82, 2.24) is 10.4 Å². The number of benzene rings is 1. The van der Waals surface area contributed by atoms with Crippen LogP contribution < -0.4 is 5.43 Å². The molecule has 4 aliphatic carbocycles. The van der Waals surface area contributed by atoms with Crippen LogP contribution in [-0.4, -0.2) is 27.8 Å². The van der Waals surface area contributed by atoms with E-state index in [1.165, 1.54) is 37.7 Å². The highest BCUT2D eigenvalue weighted by Gasteiger charge is 2.59. The van der Waals surface area contributed by atoms with Crippen LogP contribution in [0.2, 0.25) is 0 Å². The van der Waals surface area contributed by atoms with Crippen molar-refractivity contribution < 1.29 is 9.90 Å². The third kappa shape index (κ3) is 3.77. The van der Waals surface area contributed by atoms with E-state index in [0.29, 0.717) is 12.3 Å². The zero-order chi connectivity index (χ0) is 25.1. The van der Waals surface area contributed by atoms with Crippen LogP contribution in [0, 0.1) is 34.5 Å². The number of allylic oxidation sites excluding steroid dienone is 1. The number of H-pyrrole nitrogens is 1. The summed E-state index contributed by atoms with van der Waals surface area (Å²) in [6.07, 6.45) is 13.7. The van der Waals surface area contributed by atoms with Crippen molar-refractivity contribution in [2.45, 2.75) is 84.7 Å². The van der Waals surface area contributed by atoms with E-state index in [-0.39, 0.29) is 22.8 Å². The van der Waals surface area contributed by atoms with Crippen molar-refractivity contribution in [1.29, 1.82) is 0 Å². The van der Waals surface area contributed by atoms with Crippen molar-refractivity contribution in [3.8, 4) is 0 Å². The van der Waals surface area contributed by atoms with Gasteiger partial charge in [-0.25, -0.2) is 5.43 Å². The number of fused-ring (bicyclic) bond motifs is 6. The fourth-order valence-corrected chi connectivity index (χ4v) is 9.05. The van der Waals surface area contributed by atoms with Gasteiger partial charge in [-0.15, -0.1) is 0 Å². The number of hydrazone groups is 1. The number of nitrogens with one attached hydrogen (secondary N) is 2. The summed E-state index contributed by atoms with van der Waals surface area (Å²) >= 11 is 0. The van der Waals surface area contributed by atoms with Crippen LogP contribution in [0.25, 0.3) is 10.9 Å². The fraction of sp³-hybridized carbons (Fsp3) is 0.613. The van der Waals surface area contributed by atoms with Gasteiger partial charge in [-0.2, -0.15) is 5.10 Å². The van der Waals surface area contributed by atoms with E-state index in [1.54, 1.807) is 0 Å². The Balaban J connectivity index is 1.15. The third-order valence-electron chi connectivity index (χ3n) is 11.0. The zero-order valence-corrected chi connectivity index (χ0v) is 22.0. The van der Waals surface area contributed by atoms with Gasteiger partial charge < -0.3 is 10.1 Å². The van der Waals surface area contributed by atoms with E-state index in [9.17, 15) is 9.90 Å². The number of carbonyl (C=O) groups is 1. The van der Waals surface area contributed by atoms with Crippen LogP contribution in [0.1, 0.15) is 77.7 Å². The second-order valence-corrected chi connectivity index (χ2v) is 12.7. The smallest absolute Gasteiger partial charge is 0.244 e. The van der Waals surface area contributed by atoms with Gasteiger partial charge >= 0.3 is 0 Å². The number of para-hydroxylation sites is 1. The van der Waals surface area contributed by atoms with E-state index in [0.717, 1.165) is 59.2 Å². The van der Waals surface area contributed by atoms with E-state index in [1.807, 2.05) is 24.4 Å². The molecule has 1 amide bonds. The Hall–Kier alpha value is -2.40. The van der Waals surface area contributed by atoms with E-state index in [4.69, 9.17) is 0 Å². The zero-order valence-electron chi connectivity index (χ0n) is 22.0. The Kier molecular flexibility index (Phi) is 5.90. The highest BCUT2D eigenvalue weighted by atomic mass is 16.3. The van der Waals surface area contributed by atoms with Crippen molar-refractivity contribution in [2.24, 2.45) is 39.6 Å². The number of aliphatic hydroxyl groups is 1. The Morgan fingerprint density at radius 2 is 1.97 bits per heavy atom. The maximum Gasteiger partial charge on any atom is 0.244 e. The molecule has 7 atom stereocenters. The molecule has 0 unspecified atom stereocenters. The minimum atomic E-state index is -0.143. The molecule has 0 bridgehead atoms. The normalized spacial score (nSPS) is 38.2. The molecule has 4 aliphatic rings. The summed E-state index contributed by atoms with van der Waals surface area (Å²) in [5, 5.41) is 16.0. The van der Waals surface area contributed by atoms with Crippen LogP contribution in [0.4, 0.5) is 0 Å². The molecule has 5 heteroatoms. The Bertz CT molecular complexity index is 1230. The van der Waals surface area contributed by atoms with Crippen LogP contribution in [0.5, 0.6) is 0 Å². The SMILES string of the molecule is C/C(=N\NC(=O)Cc1c[nH]c2ccccc12)[C@H]1CC[C@H]2[C@@H]3CC=C4C[C@@H](O)CC[C@]4(C)[C@H]3CC[C@]12C. The van der Waals surface area contributed by atoms with Gasteiger partial charge in [0.1, 0.15) is 0 Å². The van der Waals surface area contributed by atoms with Crippen molar-refractivity contribution >= 4 is 22.5 Å². The molecule has 3 fully saturated rings. The summed E-state index contributed by atoms with van der Waals surface area (Å²) in [5.74, 6) is 2.58. The van der Waals surface area contributed by atoms with Crippen LogP contribution in [-0.2, 0) is 11.2 Å². The first-order valence-electron chi connectivity index (χ1n) is 14.0. The summed E-state index contributed by atoms with van der Waals surface area (Å²) in [4.78, 5) is 16.0. The highest BCUT2D eigenvalue weighted by molar-refractivity contribution is 5.90. The summed E-state index contributed by atoms with van der Waals surface area (Å²) in [5.41, 5.74) is 8.11. The second-order valence-electron chi connectivity index (χ2n) is 12.7. The molecule has 0 saturated heterocycles. The molecule has 0 aliphatic heterocycles. The van der Waals surface area contributed by atoms with Crippen molar-refractivity contribution in [3.63, 3.8) is 0 Å². The fourth-order valence-electron chi connectivity index (χ4n) is 9.05. The average Bonchev–Trinajstić information content (AvgIpc) is 3.44. The third-order valence-corrected chi connectivity index (χ3v) is 11.0. The number of carbonyl (C=O) groups excluding carboxylic acids is 1. The molecule has 1 aromatic carbocycles. The number of rotatable bonds is 4. The molecule has 0 radical (unpaired) electrons. The van der Waals surface area contributed by atoms with Gasteiger partial charge in [0.2, 0.25) is 5.91 Å². The van der Waals surface area contributed by atoms with Gasteiger partial charge in [-0.05, 0) is 98.5 Å². The van der Waals surface area contributed by atoms with Gasteiger partial charge in [-0.3, -0.25) is 4.79 Å². The molecule has 3 saturated carbocycles. The number of nitrogens with zero attached hydrogens (tertiary/aromatic N) is 1. The quantitative estimate of drug-likeness (QED) is 0.275. The van der Waals surface area contributed by atoms with Gasteiger partial charge in [-0.1, -0.05) is 43.7 Å². The lowest BCUT2D eigenvalue weighted by molar-refractivity contribution is -0.120. The number of amides is 1. The van der Waals surface area contributed by atoms with E-state index < -0.39 is 0 Å². The van der Waals surface area contributed by atoms with E-state index in [2.05, 4.69) is 48.4 Å². The van der Waals surface area contributed by atoms with Gasteiger partial charge in [0.05, 0.1) is 12.5 Å². The Labute approximate surface area is 214 Å². The Morgan fingerprint density at radius 1 is 1.14 bits per heavy atom. The first kappa shape index (κ1) is 24.0. The van der Waals surface area contributed by atoms with Gasteiger partial charge in [0.15, 0.2) is 0 Å². The maximum atomic E-state index is 12.8. The van der Waals surface area contributed by atoms with Gasteiger partial charge in [0.25, 0.3) is 0 Å². The summed E-state index contributed by atoms with van der Waals surface area (Å²) in [7, 11) is 0. The molecule has 2 aromatic rings. The molecular formula is C31H41N3O2. The summed E-state index contributed by atoms with van der Waals surface area (Å²) in [6, 6.07) is 8.10. The summed E-state index contributed by atoms with van der Waals surface area (Å²) < 4.78 is 0. The van der Waals surface area contributed by atoms with Crippen LogP contribution in [0.3, 0.4) is 0 Å². The van der Waals surface area contributed by atoms with Crippen LogP contribution in [0.15, 0.2) is 47.2 Å². The monoisotopic (exact) mass is 487 g/mol. The predicted molar refractivity (Wildman–Crippen MR) is 144 cm³/mol. The van der Waals surface area contributed by atoms with Crippen molar-refractivity contribution in [3.05, 3.63) is 47.7 Å². The van der Waals surface area contributed by atoms with Crippen molar-refractivity contribution in [2.75, 3.05) is 0 Å². The Morgan fingerprint density at radius 3 is 2.83 bits per heavy atom. The molecule has 36 heavy (non-hydrogen) atoms. The molecule has 1 heterocycles. The number of hydrogen-bond donors (Lipinski definition) is 3.